The average Bonchev–Trinajstić information content (AvgIpc) is 2.74. The Morgan fingerprint density at radius 3 is 2.47 bits per heavy atom. The number of hydrogen-bond donors (Lipinski definition) is 0. The molecule has 3 aromatic rings. The molecule has 3 rings (SSSR count). The molecule has 0 spiro atoms. The first-order valence-electron chi connectivity index (χ1n) is 5.17. The molecule has 0 saturated carbocycles. The number of benzene rings is 2. The van der Waals surface area contributed by atoms with Crippen molar-refractivity contribution in [3.05, 3.63) is 58.8 Å². The number of hydrogen-bond acceptors (Lipinski definition) is 1. The minimum atomic E-state index is 0.537. The van der Waals surface area contributed by atoms with Gasteiger partial charge >= 0.3 is 0 Å². The Morgan fingerprint density at radius 2 is 1.71 bits per heavy atom. The van der Waals surface area contributed by atoms with Crippen molar-refractivity contribution >= 4 is 34.2 Å². The highest BCUT2D eigenvalue weighted by atomic mass is 35.5. The van der Waals surface area contributed by atoms with Crippen molar-refractivity contribution < 1.29 is 4.42 Å². The van der Waals surface area contributed by atoms with Gasteiger partial charge in [-0.2, -0.15) is 0 Å². The second kappa shape index (κ2) is 4.10. The zero-order valence-corrected chi connectivity index (χ0v) is 10.3. The number of halogens is 2. The van der Waals surface area contributed by atoms with Gasteiger partial charge in [0.05, 0.1) is 11.3 Å². The highest BCUT2D eigenvalue weighted by molar-refractivity contribution is 6.38. The molecule has 0 atom stereocenters. The van der Waals surface area contributed by atoms with Crippen LogP contribution in [0.1, 0.15) is 0 Å². The van der Waals surface area contributed by atoms with Crippen LogP contribution < -0.4 is 0 Å². The first kappa shape index (κ1) is 10.7. The van der Waals surface area contributed by atoms with E-state index in [0.29, 0.717) is 15.6 Å². The van der Waals surface area contributed by atoms with Gasteiger partial charge in [-0.25, -0.2) is 0 Å². The van der Waals surface area contributed by atoms with Gasteiger partial charge in [-0.1, -0.05) is 53.5 Å². The standard InChI is InChI=1S/C14H8Cl2O/c15-10-6-11-12(9-4-2-1-3-5-9)8-17-14(11)13(16)7-10/h1-8H. The summed E-state index contributed by atoms with van der Waals surface area (Å²) in [5.41, 5.74) is 2.77. The van der Waals surface area contributed by atoms with Crippen molar-refractivity contribution in [1.29, 1.82) is 0 Å². The molecular formula is C14H8Cl2O. The summed E-state index contributed by atoms with van der Waals surface area (Å²) in [4.78, 5) is 0. The van der Waals surface area contributed by atoms with E-state index in [9.17, 15) is 0 Å². The molecule has 1 heterocycles. The molecule has 84 valence electrons. The number of furan rings is 1. The van der Waals surface area contributed by atoms with Gasteiger partial charge in [-0.05, 0) is 17.7 Å². The maximum absolute atomic E-state index is 6.08. The van der Waals surface area contributed by atoms with Crippen LogP contribution in [0.2, 0.25) is 10.0 Å². The largest absolute Gasteiger partial charge is 0.462 e. The summed E-state index contributed by atoms with van der Waals surface area (Å²) < 4.78 is 5.50. The Morgan fingerprint density at radius 1 is 0.941 bits per heavy atom. The summed E-state index contributed by atoms with van der Waals surface area (Å²) in [7, 11) is 0. The minimum absolute atomic E-state index is 0.537. The van der Waals surface area contributed by atoms with E-state index in [0.717, 1.165) is 16.5 Å². The molecule has 0 radical (unpaired) electrons. The third kappa shape index (κ3) is 1.82. The average molecular weight is 263 g/mol. The van der Waals surface area contributed by atoms with E-state index in [1.807, 2.05) is 36.4 Å². The molecule has 0 aliphatic carbocycles. The molecule has 1 aromatic heterocycles. The van der Waals surface area contributed by atoms with E-state index in [1.165, 1.54) is 0 Å². The molecule has 0 bridgehead atoms. The van der Waals surface area contributed by atoms with Gasteiger partial charge in [0.25, 0.3) is 0 Å². The first-order chi connectivity index (χ1) is 8.25. The molecule has 0 aliphatic rings. The van der Waals surface area contributed by atoms with E-state index in [1.54, 1.807) is 12.3 Å². The Kier molecular flexibility index (Phi) is 2.58. The SMILES string of the molecule is Clc1cc(Cl)c2occ(-c3ccccc3)c2c1. The van der Waals surface area contributed by atoms with E-state index in [-0.39, 0.29) is 0 Å². The van der Waals surface area contributed by atoms with Gasteiger partial charge in [0, 0.05) is 16.0 Å². The lowest BCUT2D eigenvalue weighted by Crippen LogP contribution is -1.75. The van der Waals surface area contributed by atoms with Crippen molar-refractivity contribution in [2.75, 3.05) is 0 Å². The Balaban J connectivity index is 2.32. The Labute approximate surface area is 109 Å². The summed E-state index contributed by atoms with van der Waals surface area (Å²) in [6.45, 7) is 0. The van der Waals surface area contributed by atoms with Crippen molar-refractivity contribution in [1.82, 2.24) is 0 Å². The third-order valence-corrected chi connectivity index (χ3v) is 3.18. The molecule has 2 aromatic carbocycles. The fourth-order valence-corrected chi connectivity index (χ4v) is 2.44. The van der Waals surface area contributed by atoms with E-state index >= 15 is 0 Å². The zero-order chi connectivity index (χ0) is 11.8. The van der Waals surface area contributed by atoms with Crippen LogP contribution in [-0.4, -0.2) is 0 Å². The number of fused-ring (bicyclic) bond motifs is 1. The minimum Gasteiger partial charge on any atom is -0.462 e. The second-order valence-corrected chi connectivity index (χ2v) is 4.62. The van der Waals surface area contributed by atoms with Crippen LogP contribution in [0.15, 0.2) is 53.1 Å². The monoisotopic (exact) mass is 262 g/mol. The van der Waals surface area contributed by atoms with Gasteiger partial charge in [0.2, 0.25) is 0 Å². The normalized spacial score (nSPS) is 10.9. The van der Waals surface area contributed by atoms with Crippen molar-refractivity contribution in [2.24, 2.45) is 0 Å². The summed E-state index contributed by atoms with van der Waals surface area (Å²) in [5, 5.41) is 2.09. The van der Waals surface area contributed by atoms with Crippen LogP contribution in [0.5, 0.6) is 0 Å². The highest BCUT2D eigenvalue weighted by Gasteiger charge is 2.11. The Bertz CT molecular complexity index is 671. The van der Waals surface area contributed by atoms with Crippen molar-refractivity contribution in [2.45, 2.75) is 0 Å². The van der Waals surface area contributed by atoms with Crippen LogP contribution in [0.4, 0.5) is 0 Å². The van der Waals surface area contributed by atoms with Crippen LogP contribution in [0.25, 0.3) is 22.1 Å². The molecule has 0 amide bonds. The lowest BCUT2D eigenvalue weighted by Gasteiger charge is -1.99. The molecular weight excluding hydrogens is 255 g/mol. The topological polar surface area (TPSA) is 13.1 Å². The lowest BCUT2D eigenvalue weighted by atomic mass is 10.1. The summed E-state index contributed by atoms with van der Waals surface area (Å²) in [6.07, 6.45) is 1.71. The van der Waals surface area contributed by atoms with Gasteiger partial charge in [0.1, 0.15) is 0 Å². The lowest BCUT2D eigenvalue weighted by molar-refractivity contribution is 0.617. The smallest absolute Gasteiger partial charge is 0.153 e. The molecule has 0 saturated heterocycles. The van der Waals surface area contributed by atoms with Crippen molar-refractivity contribution in [3.63, 3.8) is 0 Å². The summed E-state index contributed by atoms with van der Waals surface area (Å²) in [5.74, 6) is 0. The molecule has 0 aliphatic heterocycles. The Hall–Kier alpha value is -1.44. The zero-order valence-electron chi connectivity index (χ0n) is 8.78. The van der Waals surface area contributed by atoms with Crippen LogP contribution in [0.3, 0.4) is 0 Å². The second-order valence-electron chi connectivity index (χ2n) is 3.78. The quantitative estimate of drug-likeness (QED) is 0.572. The summed E-state index contributed by atoms with van der Waals surface area (Å²) >= 11 is 12.1. The van der Waals surface area contributed by atoms with Crippen LogP contribution in [0, 0.1) is 0 Å². The maximum atomic E-state index is 6.08. The fraction of sp³-hybridized carbons (Fsp3) is 0. The van der Waals surface area contributed by atoms with Gasteiger partial charge < -0.3 is 4.42 Å². The predicted molar refractivity (Wildman–Crippen MR) is 71.7 cm³/mol. The predicted octanol–water partition coefficient (Wildman–Crippen LogP) is 5.41. The fourth-order valence-electron chi connectivity index (χ4n) is 1.90. The van der Waals surface area contributed by atoms with Gasteiger partial charge in [-0.3, -0.25) is 0 Å². The molecule has 0 N–H and O–H groups in total. The van der Waals surface area contributed by atoms with E-state index in [4.69, 9.17) is 27.6 Å². The third-order valence-electron chi connectivity index (χ3n) is 2.68. The van der Waals surface area contributed by atoms with Crippen LogP contribution in [-0.2, 0) is 0 Å². The molecule has 17 heavy (non-hydrogen) atoms. The molecule has 0 fully saturated rings. The van der Waals surface area contributed by atoms with E-state index < -0.39 is 0 Å². The van der Waals surface area contributed by atoms with Gasteiger partial charge in [-0.15, -0.1) is 0 Å². The van der Waals surface area contributed by atoms with Gasteiger partial charge in [0.15, 0.2) is 5.58 Å². The number of rotatable bonds is 1. The molecule has 3 heteroatoms. The maximum Gasteiger partial charge on any atom is 0.153 e. The van der Waals surface area contributed by atoms with Crippen LogP contribution >= 0.6 is 23.2 Å². The van der Waals surface area contributed by atoms with E-state index in [2.05, 4.69) is 0 Å². The highest BCUT2D eigenvalue weighted by Crippen LogP contribution is 2.36. The first-order valence-corrected chi connectivity index (χ1v) is 5.93. The summed E-state index contributed by atoms with van der Waals surface area (Å²) in [6, 6.07) is 13.6. The molecule has 1 nitrogen and oxygen atoms in total. The van der Waals surface area contributed by atoms with Crippen molar-refractivity contribution in [3.8, 4) is 11.1 Å². The molecule has 0 unspecified atom stereocenters.